The summed E-state index contributed by atoms with van der Waals surface area (Å²) in [5.41, 5.74) is 10.7. The lowest BCUT2D eigenvalue weighted by Gasteiger charge is -2.28. The number of amides is 3. The van der Waals surface area contributed by atoms with Gasteiger partial charge in [0.15, 0.2) is 5.82 Å². The summed E-state index contributed by atoms with van der Waals surface area (Å²) in [4.78, 5) is 46.1. The number of rotatable bonds is 9. The van der Waals surface area contributed by atoms with Gasteiger partial charge in [-0.15, -0.1) is 0 Å². The Kier molecular flexibility index (Phi) is 7.51. The monoisotopic (exact) mass is 480 g/mol. The summed E-state index contributed by atoms with van der Waals surface area (Å²) >= 11 is 0. The molecule has 4 rings (SSSR count). The van der Waals surface area contributed by atoms with E-state index in [1.165, 1.54) is 6.92 Å². The van der Waals surface area contributed by atoms with Gasteiger partial charge < -0.3 is 26.0 Å². The molecular formula is C23H28N8O4. The first kappa shape index (κ1) is 24.1. The first-order valence-corrected chi connectivity index (χ1v) is 11.4. The van der Waals surface area contributed by atoms with Gasteiger partial charge in [0.05, 0.1) is 25.8 Å². The van der Waals surface area contributed by atoms with E-state index in [-0.39, 0.29) is 24.7 Å². The van der Waals surface area contributed by atoms with Crippen molar-refractivity contribution < 1.29 is 19.1 Å². The van der Waals surface area contributed by atoms with Crippen molar-refractivity contribution in [1.29, 1.82) is 0 Å². The lowest BCUT2D eigenvalue weighted by molar-refractivity contribution is -0.126. The average Bonchev–Trinajstić information content (AvgIpc) is 3.22. The number of aryl methyl sites for hydroxylation is 1. The van der Waals surface area contributed by atoms with Crippen molar-refractivity contribution in [3.05, 3.63) is 41.2 Å². The van der Waals surface area contributed by atoms with Crippen LogP contribution in [0.1, 0.15) is 30.3 Å². The summed E-state index contributed by atoms with van der Waals surface area (Å²) < 4.78 is 5.43. The second-order valence-electron chi connectivity index (χ2n) is 8.33. The number of anilines is 3. The molecule has 2 aliphatic heterocycles. The van der Waals surface area contributed by atoms with Crippen molar-refractivity contribution in [2.75, 3.05) is 41.9 Å². The van der Waals surface area contributed by atoms with E-state index in [1.807, 2.05) is 18.2 Å². The number of hydrogen-bond donors (Lipinski definition) is 4. The first-order valence-electron chi connectivity index (χ1n) is 11.4. The molecule has 184 valence electrons. The summed E-state index contributed by atoms with van der Waals surface area (Å²) in [5, 5.41) is 9.65. The van der Waals surface area contributed by atoms with Gasteiger partial charge in [0, 0.05) is 37.7 Å². The molecule has 1 aromatic carbocycles. The first-order chi connectivity index (χ1) is 16.9. The number of benzene rings is 1. The topological polar surface area (TPSA) is 164 Å². The zero-order valence-electron chi connectivity index (χ0n) is 19.4. The fourth-order valence-corrected chi connectivity index (χ4v) is 3.72. The Morgan fingerprint density at radius 1 is 1.29 bits per heavy atom. The summed E-state index contributed by atoms with van der Waals surface area (Å²) in [6.45, 7) is 4.12. The number of nitrogens with zero attached hydrogens (tertiary/aromatic N) is 4. The third kappa shape index (κ3) is 6.51. The Labute approximate surface area is 202 Å². The van der Waals surface area contributed by atoms with Crippen LogP contribution in [0.15, 0.2) is 29.4 Å². The van der Waals surface area contributed by atoms with Crippen LogP contribution < -0.4 is 26.7 Å². The Bertz CT molecular complexity index is 1150. The lowest BCUT2D eigenvalue weighted by Crippen LogP contribution is -2.42. The zero-order chi connectivity index (χ0) is 24.8. The number of hydrogen-bond acceptors (Lipinski definition) is 9. The fourth-order valence-electron chi connectivity index (χ4n) is 3.72. The van der Waals surface area contributed by atoms with Crippen molar-refractivity contribution >= 4 is 41.3 Å². The van der Waals surface area contributed by atoms with Crippen molar-refractivity contribution in [3.8, 4) is 0 Å². The molecule has 1 atom stereocenters. The van der Waals surface area contributed by atoms with Crippen LogP contribution >= 0.6 is 0 Å². The minimum absolute atomic E-state index is 0.0193. The van der Waals surface area contributed by atoms with Gasteiger partial charge in [-0.1, -0.05) is 6.07 Å². The number of aromatic nitrogens is 2. The SMILES string of the molecule is CC(NC(=O)CCc1nc(NN=Cc2ccc3c(c2)CC(=O)N3)cc(N2CCOCC2)n1)C(N)=O. The number of primary amides is 1. The van der Waals surface area contributed by atoms with Crippen LogP contribution in [0.25, 0.3) is 0 Å². The van der Waals surface area contributed by atoms with E-state index < -0.39 is 11.9 Å². The predicted octanol–water partition coefficient (Wildman–Crippen LogP) is 0.176. The van der Waals surface area contributed by atoms with E-state index in [1.54, 1.807) is 12.3 Å². The smallest absolute Gasteiger partial charge is 0.239 e. The standard InChI is InChI=1S/C23H28N8O4/c1-14(23(24)34)26-21(32)5-4-18-28-19(12-20(29-18)31-6-8-35-9-7-31)30-25-13-15-2-3-17-16(10-15)11-22(33)27-17/h2-3,10,12-14H,4-9,11H2,1H3,(H2,24,34)(H,26,32)(H,27,33)(H,28,29,30). The number of nitrogens with two attached hydrogens (primary N) is 1. The van der Waals surface area contributed by atoms with Crippen LogP contribution in [0.4, 0.5) is 17.3 Å². The summed E-state index contributed by atoms with van der Waals surface area (Å²) in [6.07, 6.45) is 2.39. The number of carbonyl (C=O) groups is 3. The molecule has 2 aliphatic rings. The minimum Gasteiger partial charge on any atom is -0.378 e. The van der Waals surface area contributed by atoms with E-state index >= 15 is 0 Å². The van der Waals surface area contributed by atoms with Crippen LogP contribution in [-0.4, -0.2) is 66.2 Å². The largest absolute Gasteiger partial charge is 0.378 e. The number of morpholine rings is 1. The highest BCUT2D eigenvalue weighted by Crippen LogP contribution is 2.23. The Morgan fingerprint density at radius 3 is 2.86 bits per heavy atom. The highest BCUT2D eigenvalue weighted by atomic mass is 16.5. The van der Waals surface area contributed by atoms with E-state index in [0.717, 1.165) is 16.8 Å². The van der Waals surface area contributed by atoms with Crippen LogP contribution in [-0.2, 0) is 32.0 Å². The Balaban J connectivity index is 1.46. The number of nitrogens with one attached hydrogen (secondary N) is 3. The third-order valence-corrected chi connectivity index (χ3v) is 5.62. The van der Waals surface area contributed by atoms with Gasteiger partial charge in [-0.3, -0.25) is 19.8 Å². The molecule has 1 fully saturated rings. The molecule has 0 bridgehead atoms. The molecule has 0 radical (unpaired) electrons. The molecule has 3 heterocycles. The summed E-state index contributed by atoms with van der Waals surface area (Å²) in [6, 6.07) is 6.68. The van der Waals surface area contributed by atoms with E-state index in [9.17, 15) is 14.4 Å². The molecule has 1 saturated heterocycles. The lowest BCUT2D eigenvalue weighted by atomic mass is 10.1. The molecule has 12 nitrogen and oxygen atoms in total. The van der Waals surface area contributed by atoms with E-state index in [4.69, 9.17) is 10.5 Å². The van der Waals surface area contributed by atoms with Gasteiger partial charge in [-0.05, 0) is 30.2 Å². The molecule has 5 N–H and O–H groups in total. The Hall–Kier alpha value is -4.06. The van der Waals surface area contributed by atoms with Crippen molar-refractivity contribution in [2.45, 2.75) is 32.2 Å². The molecule has 0 spiro atoms. The molecular weight excluding hydrogens is 452 g/mol. The van der Waals surface area contributed by atoms with Gasteiger partial charge in [0.1, 0.15) is 17.7 Å². The fraction of sp³-hybridized carbons (Fsp3) is 0.391. The summed E-state index contributed by atoms with van der Waals surface area (Å²) in [7, 11) is 0. The van der Waals surface area contributed by atoms with Gasteiger partial charge in [-0.2, -0.15) is 5.10 Å². The predicted molar refractivity (Wildman–Crippen MR) is 130 cm³/mol. The number of carbonyl (C=O) groups excluding carboxylic acids is 3. The Morgan fingerprint density at radius 2 is 2.09 bits per heavy atom. The van der Waals surface area contributed by atoms with Gasteiger partial charge in [-0.25, -0.2) is 9.97 Å². The van der Waals surface area contributed by atoms with Crippen molar-refractivity contribution in [2.24, 2.45) is 10.8 Å². The number of ether oxygens (including phenoxy) is 1. The third-order valence-electron chi connectivity index (χ3n) is 5.62. The van der Waals surface area contributed by atoms with Crippen molar-refractivity contribution in [3.63, 3.8) is 0 Å². The number of hydrazone groups is 1. The molecule has 3 amide bonds. The van der Waals surface area contributed by atoms with Gasteiger partial charge in [0.25, 0.3) is 0 Å². The van der Waals surface area contributed by atoms with Gasteiger partial charge >= 0.3 is 0 Å². The maximum Gasteiger partial charge on any atom is 0.239 e. The zero-order valence-corrected chi connectivity index (χ0v) is 19.4. The maximum absolute atomic E-state index is 12.2. The maximum atomic E-state index is 12.2. The van der Waals surface area contributed by atoms with Crippen molar-refractivity contribution in [1.82, 2.24) is 15.3 Å². The van der Waals surface area contributed by atoms with Crippen LogP contribution in [0.5, 0.6) is 0 Å². The second kappa shape index (κ2) is 10.9. The molecule has 2 aromatic rings. The van der Waals surface area contributed by atoms with E-state index in [0.29, 0.717) is 50.2 Å². The van der Waals surface area contributed by atoms with Crippen LogP contribution in [0.2, 0.25) is 0 Å². The highest BCUT2D eigenvalue weighted by molar-refractivity contribution is 6.00. The molecule has 0 saturated carbocycles. The molecule has 12 heteroatoms. The molecule has 1 unspecified atom stereocenters. The quantitative estimate of drug-likeness (QED) is 0.291. The van der Waals surface area contributed by atoms with E-state index in [2.05, 4.69) is 36.0 Å². The molecule has 1 aromatic heterocycles. The molecule has 0 aliphatic carbocycles. The minimum atomic E-state index is -0.747. The highest BCUT2D eigenvalue weighted by Gasteiger charge is 2.18. The second-order valence-corrected chi connectivity index (χ2v) is 8.33. The average molecular weight is 481 g/mol. The summed E-state index contributed by atoms with van der Waals surface area (Å²) in [5.74, 6) is 0.735. The van der Waals surface area contributed by atoms with Gasteiger partial charge in [0.2, 0.25) is 17.7 Å². The van der Waals surface area contributed by atoms with Crippen LogP contribution in [0, 0.1) is 0 Å². The van der Waals surface area contributed by atoms with Crippen LogP contribution in [0.3, 0.4) is 0 Å². The number of fused-ring (bicyclic) bond motifs is 1. The normalized spacial score (nSPS) is 16.0. The molecule has 35 heavy (non-hydrogen) atoms.